The maximum absolute atomic E-state index is 12.4. The molecule has 1 amide bonds. The number of nitrogens with zero attached hydrogens (tertiary/aromatic N) is 4. The zero-order valence-electron chi connectivity index (χ0n) is 14.7. The number of carbonyl (C=O) groups excluding carboxylic acids is 1. The number of hydrogen-bond donors (Lipinski definition) is 1. The molecule has 0 bridgehead atoms. The van der Waals surface area contributed by atoms with E-state index in [4.69, 9.17) is 0 Å². The molecule has 1 aromatic heterocycles. The Morgan fingerprint density at radius 1 is 1.07 bits per heavy atom. The largest absolute Gasteiger partial charge is 0.310 e. The predicted molar refractivity (Wildman–Crippen MR) is 100 cm³/mol. The first-order valence-electron chi connectivity index (χ1n) is 8.19. The molecule has 10 heteroatoms. The van der Waals surface area contributed by atoms with Gasteiger partial charge in [-0.25, -0.2) is 4.68 Å². The summed E-state index contributed by atoms with van der Waals surface area (Å²) in [4.78, 5) is 33.3. The van der Waals surface area contributed by atoms with Crippen LogP contribution in [0.15, 0.2) is 54.6 Å². The van der Waals surface area contributed by atoms with Crippen molar-refractivity contribution < 1.29 is 14.6 Å². The molecule has 142 valence electrons. The Labute approximate surface area is 158 Å². The van der Waals surface area contributed by atoms with Crippen molar-refractivity contribution in [2.24, 2.45) is 0 Å². The van der Waals surface area contributed by atoms with Gasteiger partial charge in [0.15, 0.2) is 0 Å². The Morgan fingerprint density at radius 3 is 2.39 bits per heavy atom. The third-order valence-corrected chi connectivity index (χ3v) is 3.94. The number of amides is 1. The number of non-ortho nitro benzene ring substituents is 1. The van der Waals surface area contributed by atoms with Crippen LogP contribution in [0.2, 0.25) is 0 Å². The summed E-state index contributed by atoms with van der Waals surface area (Å²) in [5.41, 5.74) is 1.26. The van der Waals surface area contributed by atoms with Crippen LogP contribution in [-0.4, -0.2) is 25.5 Å². The van der Waals surface area contributed by atoms with E-state index in [1.54, 1.807) is 19.1 Å². The lowest BCUT2D eigenvalue weighted by molar-refractivity contribution is -0.385. The number of nitro benzene ring substituents is 2. The molecule has 2 aromatic carbocycles. The lowest BCUT2D eigenvalue weighted by Crippen LogP contribution is -2.17. The number of aryl methyl sites for hydroxylation is 1. The smallest absolute Gasteiger partial charge is 0.273 e. The lowest BCUT2D eigenvalue weighted by atomic mass is 10.1. The second-order valence-corrected chi connectivity index (χ2v) is 5.97. The quantitative estimate of drug-likeness (QED) is 0.515. The van der Waals surface area contributed by atoms with Gasteiger partial charge in [0, 0.05) is 29.8 Å². The number of benzene rings is 2. The summed E-state index contributed by atoms with van der Waals surface area (Å²) in [5, 5.41) is 28.9. The van der Waals surface area contributed by atoms with E-state index in [0.717, 1.165) is 0 Å². The lowest BCUT2D eigenvalue weighted by Gasteiger charge is -2.09. The molecule has 1 N–H and O–H groups in total. The van der Waals surface area contributed by atoms with Gasteiger partial charge >= 0.3 is 0 Å². The van der Waals surface area contributed by atoms with Gasteiger partial charge in [0.1, 0.15) is 5.82 Å². The molecule has 1 heterocycles. The second-order valence-electron chi connectivity index (χ2n) is 5.97. The summed E-state index contributed by atoms with van der Waals surface area (Å²) in [6.07, 6.45) is -0.179. The Morgan fingerprint density at radius 2 is 1.75 bits per heavy atom. The monoisotopic (exact) mass is 381 g/mol. The fourth-order valence-electron chi connectivity index (χ4n) is 2.70. The molecule has 0 saturated carbocycles. The number of hydrogen-bond acceptors (Lipinski definition) is 6. The predicted octanol–water partition coefficient (Wildman–Crippen LogP) is 3.18. The molecule has 3 aromatic rings. The normalized spacial score (nSPS) is 10.5. The third kappa shape index (κ3) is 4.01. The van der Waals surface area contributed by atoms with Crippen LogP contribution in [0, 0.1) is 27.2 Å². The molecular weight excluding hydrogens is 366 g/mol. The van der Waals surface area contributed by atoms with Crippen LogP contribution < -0.4 is 5.32 Å². The molecule has 0 radical (unpaired) electrons. The highest BCUT2D eigenvalue weighted by atomic mass is 16.6. The standard InChI is InChI=1S/C18H15N5O5/c1-12-10-17(21(20-12)14-6-8-15(9-7-14)22(25)26)19-18(24)11-13-4-2-3-5-16(13)23(27)28/h2-10H,11H2,1H3,(H,19,24). The molecule has 0 saturated heterocycles. The molecule has 0 unspecified atom stereocenters. The fraction of sp³-hybridized carbons (Fsp3) is 0.111. The molecule has 3 rings (SSSR count). The van der Waals surface area contributed by atoms with Crippen molar-refractivity contribution in [3.8, 4) is 5.69 Å². The van der Waals surface area contributed by atoms with Gasteiger partial charge in [0.05, 0.1) is 27.6 Å². The van der Waals surface area contributed by atoms with Crippen LogP contribution in [0.3, 0.4) is 0 Å². The van der Waals surface area contributed by atoms with Crippen LogP contribution >= 0.6 is 0 Å². The number of aromatic nitrogens is 2. The number of carbonyl (C=O) groups is 1. The van der Waals surface area contributed by atoms with E-state index >= 15 is 0 Å². The van der Waals surface area contributed by atoms with E-state index in [2.05, 4.69) is 10.4 Å². The zero-order chi connectivity index (χ0) is 20.3. The van der Waals surface area contributed by atoms with Gasteiger partial charge in [0.25, 0.3) is 11.4 Å². The van der Waals surface area contributed by atoms with Crippen molar-refractivity contribution in [1.29, 1.82) is 0 Å². The van der Waals surface area contributed by atoms with Crippen molar-refractivity contribution >= 4 is 23.1 Å². The SMILES string of the molecule is Cc1cc(NC(=O)Cc2ccccc2[N+](=O)[O-])n(-c2ccc([N+](=O)[O-])cc2)n1. The van der Waals surface area contributed by atoms with E-state index in [1.165, 1.54) is 47.1 Å². The molecule has 0 aliphatic heterocycles. The summed E-state index contributed by atoms with van der Waals surface area (Å²) in [6, 6.07) is 13.4. The Hall–Kier alpha value is -4.08. The van der Waals surface area contributed by atoms with Crippen LogP contribution in [0.4, 0.5) is 17.2 Å². The van der Waals surface area contributed by atoms with Gasteiger partial charge < -0.3 is 5.32 Å². The molecule has 0 aliphatic carbocycles. The summed E-state index contributed by atoms with van der Waals surface area (Å²) in [5.74, 6) is -0.0905. The topological polar surface area (TPSA) is 133 Å². The summed E-state index contributed by atoms with van der Waals surface area (Å²) >= 11 is 0. The minimum atomic E-state index is -0.534. The highest BCUT2D eigenvalue weighted by molar-refractivity contribution is 5.92. The first-order valence-corrected chi connectivity index (χ1v) is 8.19. The Bertz CT molecular complexity index is 1060. The van der Waals surface area contributed by atoms with Crippen LogP contribution in [0.1, 0.15) is 11.3 Å². The number of nitro groups is 2. The molecule has 0 aliphatic rings. The zero-order valence-corrected chi connectivity index (χ0v) is 14.7. The van der Waals surface area contributed by atoms with Gasteiger partial charge in [-0.2, -0.15) is 5.10 Å². The van der Waals surface area contributed by atoms with Crippen molar-refractivity contribution in [3.63, 3.8) is 0 Å². The van der Waals surface area contributed by atoms with Crippen molar-refractivity contribution in [2.45, 2.75) is 13.3 Å². The van der Waals surface area contributed by atoms with E-state index in [-0.39, 0.29) is 17.8 Å². The van der Waals surface area contributed by atoms with Crippen molar-refractivity contribution in [2.75, 3.05) is 5.32 Å². The molecule has 28 heavy (non-hydrogen) atoms. The molecular formula is C18H15N5O5. The minimum Gasteiger partial charge on any atom is -0.310 e. The van der Waals surface area contributed by atoms with Gasteiger partial charge in [-0.15, -0.1) is 0 Å². The second kappa shape index (κ2) is 7.66. The molecule has 0 atom stereocenters. The van der Waals surface area contributed by atoms with Gasteiger partial charge in [0.2, 0.25) is 5.91 Å². The summed E-state index contributed by atoms with van der Waals surface area (Å²) in [7, 11) is 0. The van der Waals surface area contributed by atoms with Crippen molar-refractivity contribution in [3.05, 3.63) is 86.1 Å². The third-order valence-electron chi connectivity index (χ3n) is 3.94. The molecule has 0 fully saturated rings. The van der Waals surface area contributed by atoms with Gasteiger partial charge in [-0.05, 0) is 19.1 Å². The van der Waals surface area contributed by atoms with Crippen LogP contribution in [0.5, 0.6) is 0 Å². The van der Waals surface area contributed by atoms with Gasteiger partial charge in [-0.3, -0.25) is 25.0 Å². The van der Waals surface area contributed by atoms with Gasteiger partial charge in [-0.1, -0.05) is 18.2 Å². The van der Waals surface area contributed by atoms with Crippen LogP contribution in [-0.2, 0) is 11.2 Å². The average Bonchev–Trinajstić information content (AvgIpc) is 3.02. The summed E-state index contributed by atoms with van der Waals surface area (Å²) in [6.45, 7) is 1.74. The van der Waals surface area contributed by atoms with E-state index in [9.17, 15) is 25.0 Å². The fourth-order valence-corrected chi connectivity index (χ4v) is 2.70. The van der Waals surface area contributed by atoms with Crippen molar-refractivity contribution in [1.82, 2.24) is 9.78 Å². The number of rotatable bonds is 6. The number of anilines is 1. The van der Waals surface area contributed by atoms with Crippen LogP contribution in [0.25, 0.3) is 5.69 Å². The Balaban J connectivity index is 1.83. The first-order chi connectivity index (χ1) is 13.3. The highest BCUT2D eigenvalue weighted by Gasteiger charge is 2.17. The average molecular weight is 381 g/mol. The highest BCUT2D eigenvalue weighted by Crippen LogP contribution is 2.22. The Kier molecular flexibility index (Phi) is 5.12. The minimum absolute atomic E-state index is 0.0606. The first kappa shape index (κ1) is 18.7. The molecule has 0 spiro atoms. The maximum atomic E-state index is 12.4. The number of para-hydroxylation sites is 1. The molecule has 10 nitrogen and oxygen atoms in total. The maximum Gasteiger partial charge on any atom is 0.273 e. The summed E-state index contributed by atoms with van der Waals surface area (Å²) < 4.78 is 1.44. The van der Waals surface area contributed by atoms with E-state index < -0.39 is 15.8 Å². The van der Waals surface area contributed by atoms with E-state index in [1.807, 2.05) is 0 Å². The number of nitrogens with one attached hydrogen (secondary N) is 1. The van der Waals surface area contributed by atoms with E-state index in [0.29, 0.717) is 22.8 Å².